The lowest BCUT2D eigenvalue weighted by atomic mass is 10.2. The molecular formula is C16H21FN2O3. The highest BCUT2D eigenvalue weighted by atomic mass is 19.1. The first-order chi connectivity index (χ1) is 10.5. The Morgan fingerprint density at radius 1 is 1.41 bits per heavy atom. The SMILES string of the molecule is C[C@@H](Oc1cccc(F)c1)C(=O)N(CC(N)=O)C1CCCC1. The molecule has 0 spiro atoms. The van der Waals surface area contributed by atoms with Gasteiger partial charge < -0.3 is 15.4 Å². The average molecular weight is 308 g/mol. The molecule has 1 aliphatic rings. The molecular weight excluding hydrogens is 287 g/mol. The van der Waals surface area contributed by atoms with Gasteiger partial charge in [-0.3, -0.25) is 9.59 Å². The van der Waals surface area contributed by atoms with Crippen LogP contribution in [-0.4, -0.2) is 35.4 Å². The Kier molecular flexibility index (Phi) is 5.35. The number of halogens is 1. The molecule has 1 atom stereocenters. The van der Waals surface area contributed by atoms with Gasteiger partial charge in [0.05, 0.1) is 6.54 Å². The first-order valence-corrected chi connectivity index (χ1v) is 7.48. The number of ether oxygens (including phenoxy) is 1. The van der Waals surface area contributed by atoms with Crippen molar-refractivity contribution in [1.82, 2.24) is 4.90 Å². The number of carbonyl (C=O) groups excluding carboxylic acids is 2. The van der Waals surface area contributed by atoms with Crippen LogP contribution in [0.1, 0.15) is 32.6 Å². The molecule has 1 saturated carbocycles. The van der Waals surface area contributed by atoms with E-state index in [1.54, 1.807) is 13.0 Å². The van der Waals surface area contributed by atoms with Crippen LogP contribution in [0.3, 0.4) is 0 Å². The van der Waals surface area contributed by atoms with Crippen LogP contribution in [0, 0.1) is 5.82 Å². The fraction of sp³-hybridized carbons (Fsp3) is 0.500. The van der Waals surface area contributed by atoms with Gasteiger partial charge in [0.2, 0.25) is 5.91 Å². The average Bonchev–Trinajstić information content (AvgIpc) is 2.97. The Morgan fingerprint density at radius 3 is 2.68 bits per heavy atom. The zero-order valence-corrected chi connectivity index (χ0v) is 12.6. The summed E-state index contributed by atoms with van der Waals surface area (Å²) in [5, 5.41) is 0. The lowest BCUT2D eigenvalue weighted by molar-refractivity contribution is -0.143. The van der Waals surface area contributed by atoms with E-state index < -0.39 is 17.8 Å². The summed E-state index contributed by atoms with van der Waals surface area (Å²) in [6.07, 6.45) is 3.00. The molecule has 0 heterocycles. The van der Waals surface area contributed by atoms with Gasteiger partial charge in [0.25, 0.3) is 5.91 Å². The maximum absolute atomic E-state index is 13.2. The highest BCUT2D eigenvalue weighted by Gasteiger charge is 2.31. The van der Waals surface area contributed by atoms with Crippen molar-refractivity contribution in [2.75, 3.05) is 6.54 Å². The fourth-order valence-electron chi connectivity index (χ4n) is 2.80. The third kappa shape index (κ3) is 4.19. The summed E-state index contributed by atoms with van der Waals surface area (Å²) in [4.78, 5) is 25.3. The highest BCUT2D eigenvalue weighted by Crippen LogP contribution is 2.24. The molecule has 0 bridgehead atoms. The molecule has 1 fully saturated rings. The molecule has 2 rings (SSSR count). The van der Waals surface area contributed by atoms with Gasteiger partial charge in [-0.05, 0) is 31.9 Å². The minimum atomic E-state index is -0.804. The number of hydrogen-bond acceptors (Lipinski definition) is 3. The largest absolute Gasteiger partial charge is 0.481 e. The van der Waals surface area contributed by atoms with E-state index in [1.807, 2.05) is 0 Å². The minimum Gasteiger partial charge on any atom is -0.481 e. The Bertz CT molecular complexity index is 544. The molecule has 2 amide bonds. The number of nitrogens with two attached hydrogens (primary N) is 1. The summed E-state index contributed by atoms with van der Waals surface area (Å²) in [5.74, 6) is -0.985. The van der Waals surface area contributed by atoms with E-state index in [-0.39, 0.29) is 24.2 Å². The molecule has 0 radical (unpaired) electrons. The molecule has 5 nitrogen and oxygen atoms in total. The number of rotatable bonds is 6. The summed E-state index contributed by atoms with van der Waals surface area (Å²) < 4.78 is 18.7. The van der Waals surface area contributed by atoms with Crippen molar-refractivity contribution in [3.8, 4) is 5.75 Å². The minimum absolute atomic E-state index is 0.0264. The van der Waals surface area contributed by atoms with E-state index in [0.717, 1.165) is 25.7 Å². The normalized spacial score (nSPS) is 16.3. The summed E-state index contributed by atoms with van der Waals surface area (Å²) in [7, 11) is 0. The first kappa shape index (κ1) is 16.3. The van der Waals surface area contributed by atoms with E-state index in [1.165, 1.54) is 23.1 Å². The van der Waals surface area contributed by atoms with Crippen molar-refractivity contribution >= 4 is 11.8 Å². The van der Waals surface area contributed by atoms with Crippen molar-refractivity contribution < 1.29 is 18.7 Å². The topological polar surface area (TPSA) is 72.6 Å². The van der Waals surface area contributed by atoms with Crippen LogP contribution in [-0.2, 0) is 9.59 Å². The lowest BCUT2D eigenvalue weighted by Gasteiger charge is -2.30. The molecule has 1 aliphatic carbocycles. The number of amides is 2. The Hall–Kier alpha value is -2.11. The van der Waals surface area contributed by atoms with E-state index in [0.29, 0.717) is 0 Å². The number of benzene rings is 1. The number of carbonyl (C=O) groups is 2. The summed E-state index contributed by atoms with van der Waals surface area (Å²) in [6.45, 7) is 1.48. The quantitative estimate of drug-likeness (QED) is 0.871. The zero-order chi connectivity index (χ0) is 16.1. The van der Waals surface area contributed by atoms with Crippen LogP contribution >= 0.6 is 0 Å². The Balaban J connectivity index is 2.06. The van der Waals surface area contributed by atoms with Gasteiger partial charge in [-0.1, -0.05) is 18.9 Å². The lowest BCUT2D eigenvalue weighted by Crippen LogP contribution is -2.49. The van der Waals surface area contributed by atoms with Crippen molar-refractivity contribution in [1.29, 1.82) is 0 Å². The number of hydrogen-bond donors (Lipinski definition) is 1. The van der Waals surface area contributed by atoms with Gasteiger partial charge in [0.1, 0.15) is 11.6 Å². The number of nitrogens with zero attached hydrogens (tertiary/aromatic N) is 1. The van der Waals surface area contributed by atoms with Gasteiger partial charge >= 0.3 is 0 Å². The van der Waals surface area contributed by atoms with Gasteiger partial charge in [-0.15, -0.1) is 0 Å². The van der Waals surface area contributed by atoms with Crippen molar-refractivity contribution in [3.63, 3.8) is 0 Å². The summed E-state index contributed by atoms with van der Waals surface area (Å²) in [6, 6.07) is 5.65. The maximum atomic E-state index is 13.2. The fourth-order valence-corrected chi connectivity index (χ4v) is 2.80. The standard InChI is InChI=1S/C16H21FN2O3/c1-11(22-14-8-4-5-12(17)9-14)16(21)19(10-15(18)20)13-6-2-3-7-13/h4-5,8-9,11,13H,2-3,6-7,10H2,1H3,(H2,18,20)/t11-/m1/s1. The molecule has 6 heteroatoms. The predicted molar refractivity (Wildman–Crippen MR) is 79.7 cm³/mol. The van der Waals surface area contributed by atoms with Gasteiger partial charge in [-0.2, -0.15) is 0 Å². The number of primary amides is 1. The zero-order valence-electron chi connectivity index (χ0n) is 12.6. The predicted octanol–water partition coefficient (Wildman–Crippen LogP) is 1.85. The monoisotopic (exact) mass is 308 g/mol. The summed E-state index contributed by atoms with van der Waals surface area (Å²) >= 11 is 0. The molecule has 0 unspecified atom stereocenters. The van der Waals surface area contributed by atoms with Crippen LogP contribution in [0.2, 0.25) is 0 Å². The van der Waals surface area contributed by atoms with E-state index in [4.69, 9.17) is 10.5 Å². The molecule has 22 heavy (non-hydrogen) atoms. The highest BCUT2D eigenvalue weighted by molar-refractivity contribution is 5.86. The summed E-state index contributed by atoms with van der Waals surface area (Å²) in [5.41, 5.74) is 5.25. The molecule has 0 aromatic heterocycles. The van der Waals surface area contributed by atoms with Gasteiger partial charge in [-0.25, -0.2) is 4.39 Å². The van der Waals surface area contributed by atoms with Crippen LogP contribution < -0.4 is 10.5 Å². The van der Waals surface area contributed by atoms with E-state index >= 15 is 0 Å². The van der Waals surface area contributed by atoms with Gasteiger partial charge in [0.15, 0.2) is 6.10 Å². The third-order valence-electron chi connectivity index (χ3n) is 3.83. The van der Waals surface area contributed by atoms with Crippen LogP contribution in [0.25, 0.3) is 0 Å². The van der Waals surface area contributed by atoms with Crippen LogP contribution in [0.15, 0.2) is 24.3 Å². The first-order valence-electron chi connectivity index (χ1n) is 7.48. The van der Waals surface area contributed by atoms with Crippen molar-refractivity contribution in [2.24, 2.45) is 5.73 Å². The smallest absolute Gasteiger partial charge is 0.264 e. The second-order valence-electron chi connectivity index (χ2n) is 5.59. The van der Waals surface area contributed by atoms with Crippen LogP contribution in [0.5, 0.6) is 5.75 Å². The van der Waals surface area contributed by atoms with Crippen LogP contribution in [0.4, 0.5) is 4.39 Å². The molecule has 1 aromatic carbocycles. The Labute approximate surface area is 129 Å². The van der Waals surface area contributed by atoms with E-state index in [2.05, 4.69) is 0 Å². The molecule has 0 aliphatic heterocycles. The molecule has 120 valence electrons. The molecule has 1 aromatic rings. The Morgan fingerprint density at radius 2 is 2.09 bits per heavy atom. The maximum Gasteiger partial charge on any atom is 0.264 e. The van der Waals surface area contributed by atoms with Crippen molar-refractivity contribution in [2.45, 2.75) is 44.8 Å². The third-order valence-corrected chi connectivity index (χ3v) is 3.83. The molecule has 2 N–H and O–H groups in total. The second kappa shape index (κ2) is 7.24. The second-order valence-corrected chi connectivity index (χ2v) is 5.59. The van der Waals surface area contributed by atoms with Gasteiger partial charge in [0, 0.05) is 12.1 Å². The van der Waals surface area contributed by atoms with Crippen molar-refractivity contribution in [3.05, 3.63) is 30.1 Å². The molecule has 0 saturated heterocycles. The van der Waals surface area contributed by atoms with E-state index in [9.17, 15) is 14.0 Å².